The zero-order chi connectivity index (χ0) is 14.8. The molecular formula is C14H17BrN2O2S. The van der Waals surface area contributed by atoms with E-state index in [1.54, 1.807) is 12.1 Å². The lowest BCUT2D eigenvalue weighted by Gasteiger charge is -2.37. The number of nitrogens with one attached hydrogen (secondary N) is 1. The number of phenols is 1. The summed E-state index contributed by atoms with van der Waals surface area (Å²) in [7, 11) is 0. The molecule has 0 aromatic heterocycles. The van der Waals surface area contributed by atoms with E-state index in [0.29, 0.717) is 15.0 Å². The average molecular weight is 357 g/mol. The summed E-state index contributed by atoms with van der Waals surface area (Å²) in [5.41, 5.74) is 5.65. The quantitative estimate of drug-likeness (QED) is 0.727. The molecule has 108 valence electrons. The van der Waals surface area contributed by atoms with Crippen molar-refractivity contribution in [2.75, 3.05) is 0 Å². The van der Waals surface area contributed by atoms with E-state index in [1.807, 2.05) is 0 Å². The summed E-state index contributed by atoms with van der Waals surface area (Å²) in [4.78, 5) is 12.7. The van der Waals surface area contributed by atoms with Crippen LogP contribution in [-0.4, -0.2) is 21.5 Å². The van der Waals surface area contributed by atoms with Crippen molar-refractivity contribution in [3.8, 4) is 5.75 Å². The fourth-order valence-electron chi connectivity index (χ4n) is 2.53. The number of hydrogen-bond donors (Lipinski definition) is 3. The second-order valence-corrected chi connectivity index (χ2v) is 6.42. The van der Waals surface area contributed by atoms with Gasteiger partial charge in [-0.1, -0.05) is 31.5 Å². The van der Waals surface area contributed by atoms with Crippen molar-refractivity contribution in [2.24, 2.45) is 5.73 Å². The zero-order valence-electron chi connectivity index (χ0n) is 11.0. The lowest BCUT2D eigenvalue weighted by Crippen LogP contribution is -2.57. The number of rotatable bonds is 3. The lowest BCUT2D eigenvalue weighted by atomic mass is 9.81. The van der Waals surface area contributed by atoms with Crippen molar-refractivity contribution < 1.29 is 9.90 Å². The van der Waals surface area contributed by atoms with Crippen molar-refractivity contribution in [1.29, 1.82) is 0 Å². The van der Waals surface area contributed by atoms with E-state index in [-0.39, 0.29) is 11.7 Å². The molecule has 0 unspecified atom stereocenters. The molecule has 1 aromatic rings. The number of carbonyl (C=O) groups is 1. The minimum atomic E-state index is -0.590. The van der Waals surface area contributed by atoms with E-state index in [1.165, 1.54) is 6.07 Å². The molecule has 1 fully saturated rings. The van der Waals surface area contributed by atoms with Gasteiger partial charge in [-0.15, -0.1) is 0 Å². The molecule has 20 heavy (non-hydrogen) atoms. The predicted molar refractivity (Wildman–Crippen MR) is 85.9 cm³/mol. The van der Waals surface area contributed by atoms with Crippen LogP contribution in [0.5, 0.6) is 5.75 Å². The number of amides is 1. The molecule has 1 aliphatic rings. The predicted octanol–water partition coefficient (Wildman–Crippen LogP) is 2.87. The molecule has 2 rings (SSSR count). The van der Waals surface area contributed by atoms with Crippen molar-refractivity contribution >= 4 is 39.0 Å². The Morgan fingerprint density at radius 2 is 2.00 bits per heavy atom. The number of aromatic hydroxyl groups is 1. The fourth-order valence-corrected chi connectivity index (χ4v) is 3.03. The molecule has 6 heteroatoms. The first-order valence-corrected chi connectivity index (χ1v) is 7.76. The maximum Gasteiger partial charge on any atom is 0.252 e. The second kappa shape index (κ2) is 6.10. The Labute approximate surface area is 131 Å². The number of phenolic OH excluding ortho intramolecular Hbond substituents is 1. The van der Waals surface area contributed by atoms with Crippen molar-refractivity contribution in [3.63, 3.8) is 0 Å². The van der Waals surface area contributed by atoms with Crippen LogP contribution in [0.4, 0.5) is 0 Å². The van der Waals surface area contributed by atoms with Gasteiger partial charge in [0.25, 0.3) is 5.91 Å². The van der Waals surface area contributed by atoms with Crippen molar-refractivity contribution in [1.82, 2.24) is 5.32 Å². The number of benzene rings is 1. The largest absolute Gasteiger partial charge is 0.507 e. The van der Waals surface area contributed by atoms with Crippen LogP contribution < -0.4 is 11.1 Å². The van der Waals surface area contributed by atoms with E-state index in [2.05, 4.69) is 21.2 Å². The maximum absolute atomic E-state index is 12.3. The van der Waals surface area contributed by atoms with Crippen LogP contribution >= 0.6 is 28.1 Å². The zero-order valence-corrected chi connectivity index (χ0v) is 13.4. The Hall–Kier alpha value is -1.14. The van der Waals surface area contributed by atoms with Gasteiger partial charge in [-0.2, -0.15) is 0 Å². The standard InChI is InChI=1S/C14H17BrN2O2S/c15-10-5-4-9(8-11(10)18)12(19)17-14(13(16)20)6-2-1-3-7-14/h4-5,8,18H,1-3,6-7H2,(H2,16,20)(H,17,19). The summed E-state index contributed by atoms with van der Waals surface area (Å²) >= 11 is 8.34. The van der Waals surface area contributed by atoms with Gasteiger partial charge in [0.05, 0.1) is 15.0 Å². The highest BCUT2D eigenvalue weighted by Gasteiger charge is 2.36. The van der Waals surface area contributed by atoms with Gasteiger partial charge in [-0.05, 0) is 47.0 Å². The smallest absolute Gasteiger partial charge is 0.252 e. The highest BCUT2D eigenvalue weighted by atomic mass is 79.9. The molecule has 0 spiro atoms. The molecule has 1 amide bonds. The van der Waals surface area contributed by atoms with E-state index in [0.717, 1.165) is 32.1 Å². The maximum atomic E-state index is 12.3. The molecule has 1 saturated carbocycles. The number of hydrogen-bond acceptors (Lipinski definition) is 3. The molecule has 1 aliphatic carbocycles. The highest BCUT2D eigenvalue weighted by molar-refractivity contribution is 9.10. The van der Waals surface area contributed by atoms with Gasteiger partial charge in [0.1, 0.15) is 5.75 Å². The number of nitrogens with two attached hydrogens (primary N) is 1. The number of carbonyl (C=O) groups excluding carboxylic acids is 1. The summed E-state index contributed by atoms with van der Waals surface area (Å²) in [6, 6.07) is 4.71. The summed E-state index contributed by atoms with van der Waals surface area (Å²) in [6.45, 7) is 0. The van der Waals surface area contributed by atoms with E-state index in [9.17, 15) is 9.90 Å². The second-order valence-electron chi connectivity index (χ2n) is 5.13. The van der Waals surface area contributed by atoms with Crippen LogP contribution in [0.2, 0.25) is 0 Å². The Bertz CT molecular complexity index is 542. The van der Waals surface area contributed by atoms with E-state index in [4.69, 9.17) is 18.0 Å². The van der Waals surface area contributed by atoms with Crippen LogP contribution in [-0.2, 0) is 0 Å². The van der Waals surface area contributed by atoms with Gasteiger partial charge in [0.2, 0.25) is 0 Å². The third kappa shape index (κ3) is 3.12. The summed E-state index contributed by atoms with van der Waals surface area (Å²) in [6.07, 6.45) is 4.69. The van der Waals surface area contributed by atoms with Gasteiger partial charge in [-0.25, -0.2) is 0 Å². The minimum absolute atomic E-state index is 0.0330. The van der Waals surface area contributed by atoms with Gasteiger partial charge in [0.15, 0.2) is 0 Å². The van der Waals surface area contributed by atoms with Gasteiger partial charge in [0, 0.05) is 5.56 Å². The number of halogens is 1. The van der Waals surface area contributed by atoms with Crippen LogP contribution in [0.3, 0.4) is 0 Å². The van der Waals surface area contributed by atoms with Crippen molar-refractivity contribution in [3.05, 3.63) is 28.2 Å². The summed E-state index contributed by atoms with van der Waals surface area (Å²) < 4.78 is 0.552. The molecule has 1 aromatic carbocycles. The number of thiocarbonyl (C=S) groups is 1. The van der Waals surface area contributed by atoms with Gasteiger partial charge >= 0.3 is 0 Å². The SMILES string of the molecule is NC(=S)C1(NC(=O)c2ccc(Br)c(O)c2)CCCCC1. The van der Waals surface area contributed by atoms with E-state index < -0.39 is 5.54 Å². The van der Waals surface area contributed by atoms with Crippen LogP contribution in [0.1, 0.15) is 42.5 Å². The highest BCUT2D eigenvalue weighted by Crippen LogP contribution is 2.30. The van der Waals surface area contributed by atoms with E-state index >= 15 is 0 Å². The molecule has 4 nitrogen and oxygen atoms in total. The molecule has 0 bridgehead atoms. The Balaban J connectivity index is 2.20. The third-order valence-electron chi connectivity index (χ3n) is 3.74. The third-order valence-corrected chi connectivity index (χ3v) is 4.80. The van der Waals surface area contributed by atoms with Gasteiger partial charge < -0.3 is 16.2 Å². The Morgan fingerprint density at radius 1 is 1.35 bits per heavy atom. The molecule has 0 aliphatic heterocycles. The molecular weight excluding hydrogens is 340 g/mol. The molecule has 0 atom stereocenters. The van der Waals surface area contributed by atoms with Crippen molar-refractivity contribution in [2.45, 2.75) is 37.6 Å². The topological polar surface area (TPSA) is 75.3 Å². The first-order chi connectivity index (χ1) is 9.44. The summed E-state index contributed by atoms with van der Waals surface area (Å²) in [5.74, 6) is -0.229. The molecule has 4 N–H and O–H groups in total. The summed E-state index contributed by atoms with van der Waals surface area (Å²) in [5, 5.41) is 12.6. The van der Waals surface area contributed by atoms with Gasteiger partial charge in [-0.3, -0.25) is 4.79 Å². The first-order valence-electron chi connectivity index (χ1n) is 6.55. The molecule has 0 saturated heterocycles. The van der Waals surface area contributed by atoms with Crippen LogP contribution in [0, 0.1) is 0 Å². The average Bonchev–Trinajstić information content (AvgIpc) is 2.42. The Morgan fingerprint density at radius 3 is 2.55 bits per heavy atom. The first kappa shape index (κ1) is 15.3. The van der Waals surface area contributed by atoms with Crippen LogP contribution in [0.25, 0.3) is 0 Å². The normalized spacial score (nSPS) is 17.4. The molecule has 0 heterocycles. The van der Waals surface area contributed by atoms with Crippen LogP contribution in [0.15, 0.2) is 22.7 Å². The fraction of sp³-hybridized carbons (Fsp3) is 0.429. The minimum Gasteiger partial charge on any atom is -0.507 e. The monoisotopic (exact) mass is 356 g/mol. The molecule has 0 radical (unpaired) electrons. The lowest BCUT2D eigenvalue weighted by molar-refractivity contribution is 0.0908. The Kier molecular flexibility index (Phi) is 4.65.